The summed E-state index contributed by atoms with van der Waals surface area (Å²) in [4.78, 5) is 11.5. The van der Waals surface area contributed by atoms with Gasteiger partial charge in [0, 0.05) is 0 Å². The number of carbonyl (C=O) groups is 1. The van der Waals surface area contributed by atoms with E-state index in [4.69, 9.17) is 4.74 Å². The zero-order valence-electron chi connectivity index (χ0n) is 11.7. The van der Waals surface area contributed by atoms with E-state index in [1.807, 2.05) is 18.2 Å². The van der Waals surface area contributed by atoms with Crippen molar-refractivity contribution in [3.05, 3.63) is 52.6 Å². The molecule has 0 radical (unpaired) electrons. The van der Waals surface area contributed by atoms with Crippen LogP contribution in [-0.4, -0.2) is 13.1 Å². The van der Waals surface area contributed by atoms with Gasteiger partial charge in [0.15, 0.2) is 0 Å². The van der Waals surface area contributed by atoms with Crippen molar-refractivity contribution in [2.75, 3.05) is 7.11 Å². The molecule has 0 N–H and O–H groups in total. The van der Waals surface area contributed by atoms with Gasteiger partial charge >= 0.3 is 5.97 Å². The Morgan fingerprint density at radius 1 is 1.11 bits per heavy atom. The largest absolute Gasteiger partial charge is 0.465 e. The van der Waals surface area contributed by atoms with Gasteiger partial charge in [0.25, 0.3) is 0 Å². The average Bonchev–Trinajstić information content (AvgIpc) is 2.34. The molecule has 0 unspecified atom stereocenters. The van der Waals surface area contributed by atoms with Crippen molar-refractivity contribution in [3.63, 3.8) is 0 Å². The van der Waals surface area contributed by atoms with Crippen LogP contribution in [0, 0.1) is 0 Å². The molecule has 0 spiro atoms. The number of rotatable bonds is 3. The molecule has 1 rings (SSSR count). The molecule has 0 heterocycles. The third-order valence-corrected chi connectivity index (χ3v) is 2.57. The number of carbonyl (C=O) groups excluding carboxylic acids is 1. The van der Waals surface area contributed by atoms with E-state index in [0.717, 1.165) is 11.1 Å². The molecule has 0 aliphatic rings. The maximum Gasteiger partial charge on any atom is 0.337 e. The highest BCUT2D eigenvalue weighted by atomic mass is 16.5. The van der Waals surface area contributed by atoms with E-state index in [0.29, 0.717) is 5.56 Å². The van der Waals surface area contributed by atoms with Gasteiger partial charge in [0.1, 0.15) is 0 Å². The maximum atomic E-state index is 11.5. The molecule has 0 bridgehead atoms. The van der Waals surface area contributed by atoms with E-state index in [2.05, 4.69) is 33.8 Å². The van der Waals surface area contributed by atoms with E-state index in [1.165, 1.54) is 18.3 Å². The second-order valence-corrected chi connectivity index (χ2v) is 4.71. The van der Waals surface area contributed by atoms with Gasteiger partial charge in [-0.05, 0) is 51.0 Å². The van der Waals surface area contributed by atoms with Gasteiger partial charge in [-0.2, -0.15) is 0 Å². The first-order valence-electron chi connectivity index (χ1n) is 5.97. The molecular formula is C16H20O2. The van der Waals surface area contributed by atoms with Crippen LogP contribution in [0.15, 0.2) is 41.5 Å². The van der Waals surface area contributed by atoms with Gasteiger partial charge in [-0.1, -0.05) is 29.4 Å². The van der Waals surface area contributed by atoms with Crippen LogP contribution < -0.4 is 0 Å². The Hall–Kier alpha value is -1.83. The molecule has 0 atom stereocenters. The minimum Gasteiger partial charge on any atom is -0.465 e. The SMILES string of the molecule is COC(=O)c1cccc(C(C=C(C)C)=C(C)C)c1. The Labute approximate surface area is 109 Å². The fraction of sp³-hybridized carbons (Fsp3) is 0.312. The van der Waals surface area contributed by atoms with Crippen LogP contribution in [0.3, 0.4) is 0 Å². The second kappa shape index (κ2) is 6.20. The van der Waals surface area contributed by atoms with E-state index >= 15 is 0 Å². The zero-order chi connectivity index (χ0) is 13.7. The van der Waals surface area contributed by atoms with Crippen molar-refractivity contribution < 1.29 is 9.53 Å². The lowest BCUT2D eigenvalue weighted by atomic mass is 9.98. The van der Waals surface area contributed by atoms with Crippen LogP contribution in [0.1, 0.15) is 43.6 Å². The number of benzene rings is 1. The molecule has 0 aliphatic heterocycles. The molecule has 0 amide bonds. The highest BCUT2D eigenvalue weighted by Gasteiger charge is 2.08. The van der Waals surface area contributed by atoms with Crippen molar-refractivity contribution in [1.29, 1.82) is 0 Å². The summed E-state index contributed by atoms with van der Waals surface area (Å²) in [6.07, 6.45) is 2.13. The van der Waals surface area contributed by atoms with Crippen LogP contribution in [0.25, 0.3) is 5.57 Å². The zero-order valence-corrected chi connectivity index (χ0v) is 11.7. The minimum absolute atomic E-state index is 0.304. The number of methoxy groups -OCH3 is 1. The fourth-order valence-electron chi connectivity index (χ4n) is 1.74. The lowest BCUT2D eigenvalue weighted by Gasteiger charge is -2.08. The molecule has 0 aliphatic carbocycles. The Balaban J connectivity index is 3.28. The molecule has 2 nitrogen and oxygen atoms in total. The molecule has 0 saturated carbocycles. The molecule has 96 valence electrons. The average molecular weight is 244 g/mol. The highest BCUT2D eigenvalue weighted by molar-refractivity contribution is 5.91. The van der Waals surface area contributed by atoms with Crippen molar-refractivity contribution >= 4 is 11.5 Å². The summed E-state index contributed by atoms with van der Waals surface area (Å²) < 4.78 is 4.74. The highest BCUT2D eigenvalue weighted by Crippen LogP contribution is 2.22. The van der Waals surface area contributed by atoms with Gasteiger partial charge in [-0.3, -0.25) is 0 Å². The molecule has 0 aromatic heterocycles. The van der Waals surface area contributed by atoms with E-state index in [1.54, 1.807) is 6.07 Å². The lowest BCUT2D eigenvalue weighted by Crippen LogP contribution is -2.01. The topological polar surface area (TPSA) is 26.3 Å². The standard InChI is InChI=1S/C16H20O2/c1-11(2)9-15(12(3)4)13-7-6-8-14(10-13)16(17)18-5/h6-10H,1-5H3. The number of ether oxygens (including phenoxy) is 1. The number of esters is 1. The van der Waals surface area contributed by atoms with Crippen LogP contribution in [0.5, 0.6) is 0 Å². The third-order valence-electron chi connectivity index (χ3n) is 2.57. The molecule has 1 aromatic carbocycles. The third kappa shape index (κ3) is 3.59. The summed E-state index contributed by atoms with van der Waals surface area (Å²) in [5, 5.41) is 0. The summed E-state index contributed by atoms with van der Waals surface area (Å²) in [5.74, 6) is -0.304. The predicted molar refractivity (Wildman–Crippen MR) is 75.5 cm³/mol. The monoisotopic (exact) mass is 244 g/mol. The summed E-state index contributed by atoms with van der Waals surface area (Å²) in [7, 11) is 1.40. The molecule has 1 aromatic rings. The predicted octanol–water partition coefficient (Wildman–Crippen LogP) is 4.23. The van der Waals surface area contributed by atoms with Crippen LogP contribution in [0.4, 0.5) is 0 Å². The molecular weight excluding hydrogens is 224 g/mol. The van der Waals surface area contributed by atoms with Gasteiger partial charge in [-0.25, -0.2) is 4.79 Å². The summed E-state index contributed by atoms with van der Waals surface area (Å²) in [5.41, 5.74) is 5.23. The maximum absolute atomic E-state index is 11.5. The Kier molecular flexibility index (Phi) is 4.90. The normalized spacial score (nSPS) is 9.61. The van der Waals surface area contributed by atoms with Crippen molar-refractivity contribution in [2.24, 2.45) is 0 Å². The van der Waals surface area contributed by atoms with Crippen LogP contribution >= 0.6 is 0 Å². The van der Waals surface area contributed by atoms with Crippen molar-refractivity contribution in [2.45, 2.75) is 27.7 Å². The Morgan fingerprint density at radius 2 is 1.72 bits per heavy atom. The second-order valence-electron chi connectivity index (χ2n) is 4.71. The Bertz CT molecular complexity index is 500. The summed E-state index contributed by atoms with van der Waals surface area (Å²) >= 11 is 0. The van der Waals surface area contributed by atoms with E-state index in [-0.39, 0.29) is 5.97 Å². The van der Waals surface area contributed by atoms with Gasteiger partial charge in [0.2, 0.25) is 0 Å². The van der Waals surface area contributed by atoms with Gasteiger partial charge in [0.05, 0.1) is 12.7 Å². The number of allylic oxidation sites excluding steroid dienone is 4. The van der Waals surface area contributed by atoms with Crippen LogP contribution in [-0.2, 0) is 4.74 Å². The van der Waals surface area contributed by atoms with Crippen LogP contribution in [0.2, 0.25) is 0 Å². The Morgan fingerprint density at radius 3 is 2.22 bits per heavy atom. The van der Waals surface area contributed by atoms with Crippen molar-refractivity contribution in [1.82, 2.24) is 0 Å². The molecule has 2 heteroatoms. The quantitative estimate of drug-likeness (QED) is 0.587. The van der Waals surface area contributed by atoms with Crippen molar-refractivity contribution in [3.8, 4) is 0 Å². The first kappa shape index (κ1) is 14.2. The first-order chi connectivity index (χ1) is 8.45. The molecule has 0 saturated heterocycles. The summed E-state index contributed by atoms with van der Waals surface area (Å²) in [6.45, 7) is 8.26. The number of hydrogen-bond acceptors (Lipinski definition) is 2. The molecule has 18 heavy (non-hydrogen) atoms. The minimum atomic E-state index is -0.304. The van der Waals surface area contributed by atoms with Gasteiger partial charge < -0.3 is 4.74 Å². The van der Waals surface area contributed by atoms with E-state index in [9.17, 15) is 4.79 Å². The van der Waals surface area contributed by atoms with E-state index < -0.39 is 0 Å². The molecule has 0 fully saturated rings. The smallest absolute Gasteiger partial charge is 0.337 e. The number of hydrogen-bond donors (Lipinski definition) is 0. The van der Waals surface area contributed by atoms with Gasteiger partial charge in [-0.15, -0.1) is 0 Å². The summed E-state index contributed by atoms with van der Waals surface area (Å²) in [6, 6.07) is 7.52. The first-order valence-corrected chi connectivity index (χ1v) is 5.97. The lowest BCUT2D eigenvalue weighted by molar-refractivity contribution is 0.0600. The fourth-order valence-corrected chi connectivity index (χ4v) is 1.74.